The molecular weight excluding hydrogens is 338 g/mol. The number of benzene rings is 1. The van der Waals surface area contributed by atoms with Crippen LogP contribution in [0.25, 0.3) is 0 Å². The van der Waals surface area contributed by atoms with Gasteiger partial charge in [-0.25, -0.2) is 0 Å². The summed E-state index contributed by atoms with van der Waals surface area (Å²) in [7, 11) is 0. The zero-order chi connectivity index (χ0) is 15.0. The van der Waals surface area contributed by atoms with Gasteiger partial charge >= 0.3 is 0 Å². The second-order valence-electron chi connectivity index (χ2n) is 6.84. The fraction of sp³-hybridized carbons (Fsp3) is 0.625. The molecular formula is C16H23BrClNO. The van der Waals surface area contributed by atoms with Crippen molar-refractivity contribution in [2.75, 3.05) is 11.9 Å². The van der Waals surface area contributed by atoms with Gasteiger partial charge in [-0.2, -0.15) is 0 Å². The average Bonchev–Trinajstić information content (AvgIpc) is 2.37. The molecule has 0 amide bonds. The van der Waals surface area contributed by atoms with Crippen LogP contribution in [0.15, 0.2) is 22.7 Å². The van der Waals surface area contributed by atoms with E-state index in [0.29, 0.717) is 16.4 Å². The van der Waals surface area contributed by atoms with Gasteiger partial charge in [-0.3, -0.25) is 0 Å². The standard InChI is InChI=1S/C16H23BrClNO/c1-11-9-15(2,3)6-7-16(11,10-20)19-12-4-5-14(18)13(17)8-12/h4-5,8,11,19-20H,6-7,9-10H2,1-3H3. The van der Waals surface area contributed by atoms with Gasteiger partial charge in [0, 0.05) is 10.2 Å². The van der Waals surface area contributed by atoms with Crippen LogP contribution in [0, 0.1) is 11.3 Å². The summed E-state index contributed by atoms with van der Waals surface area (Å²) in [5.74, 6) is 0.422. The molecule has 2 atom stereocenters. The Morgan fingerprint density at radius 1 is 1.40 bits per heavy atom. The molecule has 2 N–H and O–H groups in total. The van der Waals surface area contributed by atoms with E-state index < -0.39 is 0 Å². The molecule has 1 aliphatic carbocycles. The monoisotopic (exact) mass is 359 g/mol. The van der Waals surface area contributed by atoms with Gasteiger partial charge < -0.3 is 10.4 Å². The zero-order valence-corrected chi connectivity index (χ0v) is 14.7. The number of anilines is 1. The predicted octanol–water partition coefficient (Wildman–Crippen LogP) is 5.09. The smallest absolute Gasteiger partial charge is 0.0664 e. The van der Waals surface area contributed by atoms with Crippen molar-refractivity contribution >= 4 is 33.2 Å². The van der Waals surface area contributed by atoms with Gasteiger partial charge in [0.25, 0.3) is 0 Å². The summed E-state index contributed by atoms with van der Waals surface area (Å²) in [4.78, 5) is 0. The maximum absolute atomic E-state index is 9.97. The molecule has 112 valence electrons. The third-order valence-corrected chi connectivity index (χ3v) is 5.86. The van der Waals surface area contributed by atoms with Crippen LogP contribution in [0.1, 0.15) is 40.0 Å². The molecule has 0 saturated heterocycles. The fourth-order valence-electron chi connectivity index (χ4n) is 3.26. The molecule has 0 aromatic heterocycles. The minimum atomic E-state index is -0.233. The molecule has 2 rings (SSSR count). The summed E-state index contributed by atoms with van der Waals surface area (Å²) in [5, 5.41) is 14.2. The number of hydrogen-bond donors (Lipinski definition) is 2. The van der Waals surface area contributed by atoms with Gasteiger partial charge in [0.1, 0.15) is 0 Å². The summed E-state index contributed by atoms with van der Waals surface area (Å²) < 4.78 is 0.876. The second-order valence-corrected chi connectivity index (χ2v) is 8.10. The molecule has 0 radical (unpaired) electrons. The summed E-state index contributed by atoms with van der Waals surface area (Å²) in [6.07, 6.45) is 3.23. The summed E-state index contributed by atoms with van der Waals surface area (Å²) in [6.45, 7) is 7.01. The number of hydrogen-bond acceptors (Lipinski definition) is 2. The number of nitrogens with one attached hydrogen (secondary N) is 1. The van der Waals surface area contributed by atoms with Crippen molar-refractivity contribution in [2.45, 2.75) is 45.6 Å². The second kappa shape index (κ2) is 5.86. The van der Waals surface area contributed by atoms with E-state index in [1.807, 2.05) is 18.2 Å². The number of aliphatic hydroxyl groups is 1. The van der Waals surface area contributed by atoms with Crippen molar-refractivity contribution in [3.63, 3.8) is 0 Å². The van der Waals surface area contributed by atoms with Crippen molar-refractivity contribution in [1.82, 2.24) is 0 Å². The molecule has 20 heavy (non-hydrogen) atoms. The van der Waals surface area contributed by atoms with Gasteiger partial charge in [-0.05, 0) is 64.7 Å². The molecule has 1 saturated carbocycles. The lowest BCUT2D eigenvalue weighted by atomic mass is 9.64. The maximum atomic E-state index is 9.97. The van der Waals surface area contributed by atoms with Crippen LogP contribution in [0.3, 0.4) is 0 Å². The Labute approximate surface area is 135 Å². The van der Waals surface area contributed by atoms with Crippen LogP contribution in [-0.2, 0) is 0 Å². The minimum Gasteiger partial charge on any atom is -0.394 e. The highest BCUT2D eigenvalue weighted by atomic mass is 79.9. The van der Waals surface area contributed by atoms with Gasteiger partial charge in [-0.15, -0.1) is 0 Å². The van der Waals surface area contributed by atoms with Crippen LogP contribution >= 0.6 is 27.5 Å². The molecule has 0 bridgehead atoms. The normalized spacial score (nSPS) is 29.2. The highest BCUT2D eigenvalue weighted by Crippen LogP contribution is 2.45. The van der Waals surface area contributed by atoms with Gasteiger partial charge in [0.05, 0.1) is 17.2 Å². The molecule has 1 aromatic carbocycles. The first-order valence-electron chi connectivity index (χ1n) is 7.12. The molecule has 1 aliphatic rings. The Morgan fingerprint density at radius 3 is 2.65 bits per heavy atom. The Bertz CT molecular complexity index is 491. The average molecular weight is 361 g/mol. The third-order valence-electron chi connectivity index (χ3n) is 4.65. The van der Waals surface area contributed by atoms with E-state index in [9.17, 15) is 5.11 Å². The highest BCUT2D eigenvalue weighted by molar-refractivity contribution is 9.10. The van der Waals surface area contributed by atoms with E-state index in [-0.39, 0.29) is 12.1 Å². The Morgan fingerprint density at radius 2 is 2.10 bits per heavy atom. The van der Waals surface area contributed by atoms with Crippen LogP contribution in [0.4, 0.5) is 5.69 Å². The lowest BCUT2D eigenvalue weighted by Crippen LogP contribution is -2.52. The summed E-state index contributed by atoms with van der Waals surface area (Å²) in [5.41, 5.74) is 1.13. The van der Waals surface area contributed by atoms with E-state index in [1.165, 1.54) is 0 Å². The third kappa shape index (κ3) is 3.32. The number of aliphatic hydroxyl groups excluding tert-OH is 1. The first kappa shape index (κ1) is 16.1. The van der Waals surface area contributed by atoms with Crippen LogP contribution < -0.4 is 5.32 Å². The van der Waals surface area contributed by atoms with E-state index in [2.05, 4.69) is 42.0 Å². The largest absolute Gasteiger partial charge is 0.394 e. The molecule has 1 fully saturated rings. The van der Waals surface area contributed by atoms with Crippen molar-refractivity contribution in [3.05, 3.63) is 27.7 Å². The van der Waals surface area contributed by atoms with Gasteiger partial charge in [0.2, 0.25) is 0 Å². The van der Waals surface area contributed by atoms with E-state index in [1.54, 1.807) is 0 Å². The zero-order valence-electron chi connectivity index (χ0n) is 12.3. The van der Waals surface area contributed by atoms with E-state index in [4.69, 9.17) is 11.6 Å². The summed E-state index contributed by atoms with van der Waals surface area (Å²) in [6, 6.07) is 5.82. The molecule has 2 nitrogen and oxygen atoms in total. The van der Waals surface area contributed by atoms with Gasteiger partial charge in [-0.1, -0.05) is 32.4 Å². The van der Waals surface area contributed by atoms with Crippen LogP contribution in [-0.4, -0.2) is 17.3 Å². The highest BCUT2D eigenvalue weighted by Gasteiger charge is 2.43. The van der Waals surface area contributed by atoms with Gasteiger partial charge in [0.15, 0.2) is 0 Å². The first-order valence-corrected chi connectivity index (χ1v) is 8.29. The fourth-order valence-corrected chi connectivity index (χ4v) is 3.75. The number of halogens is 2. The quantitative estimate of drug-likeness (QED) is 0.786. The lowest BCUT2D eigenvalue weighted by Gasteiger charge is -2.48. The molecule has 4 heteroatoms. The minimum absolute atomic E-state index is 0.157. The molecule has 1 aromatic rings. The van der Waals surface area contributed by atoms with Crippen molar-refractivity contribution in [2.24, 2.45) is 11.3 Å². The van der Waals surface area contributed by atoms with Crippen LogP contribution in [0.2, 0.25) is 5.02 Å². The lowest BCUT2D eigenvalue weighted by molar-refractivity contribution is 0.0685. The Hall–Kier alpha value is -0.250. The van der Waals surface area contributed by atoms with Crippen LogP contribution in [0.5, 0.6) is 0 Å². The van der Waals surface area contributed by atoms with Crippen molar-refractivity contribution in [1.29, 1.82) is 0 Å². The number of rotatable bonds is 3. The Balaban J connectivity index is 2.21. The van der Waals surface area contributed by atoms with E-state index in [0.717, 1.165) is 29.4 Å². The maximum Gasteiger partial charge on any atom is 0.0664 e. The Kier molecular flexibility index (Phi) is 4.73. The molecule has 0 aliphatic heterocycles. The summed E-state index contributed by atoms with van der Waals surface area (Å²) >= 11 is 9.48. The van der Waals surface area contributed by atoms with E-state index >= 15 is 0 Å². The first-order chi connectivity index (χ1) is 9.28. The predicted molar refractivity (Wildman–Crippen MR) is 89.4 cm³/mol. The van der Waals surface area contributed by atoms with Crippen molar-refractivity contribution in [3.8, 4) is 0 Å². The SMILES string of the molecule is CC1CC(C)(C)CCC1(CO)Nc1ccc(Cl)c(Br)c1. The molecule has 0 heterocycles. The van der Waals surface area contributed by atoms with Crippen molar-refractivity contribution < 1.29 is 5.11 Å². The topological polar surface area (TPSA) is 32.3 Å². The molecule has 2 unspecified atom stereocenters. The molecule has 0 spiro atoms.